The Morgan fingerprint density at radius 1 is 1.15 bits per heavy atom. The van der Waals surface area contributed by atoms with E-state index >= 15 is 4.39 Å². The summed E-state index contributed by atoms with van der Waals surface area (Å²) in [6.07, 6.45) is 7.72. The van der Waals surface area contributed by atoms with E-state index in [-0.39, 0.29) is 22.4 Å². The van der Waals surface area contributed by atoms with Crippen LogP contribution in [0.2, 0.25) is 0 Å². The van der Waals surface area contributed by atoms with Crippen LogP contribution in [0.5, 0.6) is 11.5 Å². The molecule has 0 saturated carbocycles. The minimum Gasteiger partial charge on any atom is -0.472 e. The number of halogens is 1. The summed E-state index contributed by atoms with van der Waals surface area (Å²) in [6, 6.07) is 15.1. The lowest BCUT2D eigenvalue weighted by Crippen LogP contribution is -2.34. The third-order valence-electron chi connectivity index (χ3n) is 8.22. The van der Waals surface area contributed by atoms with Crippen molar-refractivity contribution in [3.63, 3.8) is 0 Å². The molecule has 4 heterocycles. The Bertz CT molecular complexity index is 1860. The average Bonchev–Trinajstić information content (AvgIpc) is 3.64. The van der Waals surface area contributed by atoms with E-state index in [4.69, 9.17) is 9.15 Å². The number of nitrogens with one attached hydrogen (secondary N) is 2. The molecule has 7 rings (SSSR count). The number of fused-ring (bicyclic) bond motifs is 3. The van der Waals surface area contributed by atoms with Crippen LogP contribution in [0.4, 0.5) is 10.1 Å². The van der Waals surface area contributed by atoms with Crippen molar-refractivity contribution in [3.8, 4) is 17.2 Å². The predicted octanol–water partition coefficient (Wildman–Crippen LogP) is 5.81. The van der Waals surface area contributed by atoms with Gasteiger partial charge in [0, 0.05) is 30.9 Å². The zero-order valence-corrected chi connectivity index (χ0v) is 22.6. The quantitative estimate of drug-likeness (QED) is 0.260. The minimum atomic E-state index is -0.647. The first-order chi connectivity index (χ1) is 20.0. The lowest BCUT2D eigenvalue weighted by molar-refractivity contribution is 0.0949. The maximum absolute atomic E-state index is 15.7. The van der Waals surface area contributed by atoms with Gasteiger partial charge in [-0.15, -0.1) is 0 Å². The number of pyridine rings is 1. The van der Waals surface area contributed by atoms with Gasteiger partial charge in [-0.05, 0) is 67.9 Å². The van der Waals surface area contributed by atoms with E-state index in [2.05, 4.69) is 22.6 Å². The van der Waals surface area contributed by atoms with Crippen LogP contribution in [0.25, 0.3) is 27.4 Å². The number of benzene rings is 3. The molecular formula is C32H29FN4O4. The fourth-order valence-electron chi connectivity index (χ4n) is 6.00. The number of anilines is 1. The van der Waals surface area contributed by atoms with Gasteiger partial charge in [-0.1, -0.05) is 24.3 Å². The van der Waals surface area contributed by atoms with Crippen LogP contribution < -0.4 is 20.8 Å². The van der Waals surface area contributed by atoms with E-state index in [1.54, 1.807) is 29.4 Å². The van der Waals surface area contributed by atoms with E-state index in [1.807, 2.05) is 36.4 Å². The van der Waals surface area contributed by atoms with Gasteiger partial charge >= 0.3 is 0 Å². The average molecular weight is 553 g/mol. The van der Waals surface area contributed by atoms with Gasteiger partial charge in [-0.25, -0.2) is 4.39 Å². The molecule has 3 aromatic carbocycles. The summed E-state index contributed by atoms with van der Waals surface area (Å²) in [5.41, 5.74) is 1.44. The number of aromatic nitrogens is 1. The maximum Gasteiger partial charge on any atom is 0.256 e. The summed E-state index contributed by atoms with van der Waals surface area (Å²) in [5.74, 6) is -0.432. The molecule has 0 radical (unpaired) electrons. The molecule has 2 aliphatic heterocycles. The fourth-order valence-corrected chi connectivity index (χ4v) is 6.00. The number of hydrogen-bond acceptors (Lipinski definition) is 6. The first-order valence-electron chi connectivity index (χ1n) is 13.8. The fraction of sp³-hybridized carbons (Fsp3) is 0.250. The molecule has 9 heteroatoms. The SMILES string of the molecule is CN1CCCC1CCNC(=O)c1cn2c3c(c(NCc4ccoc4)c(F)cc3c1=O)Oc1cc3ccccc3cc1-2. The van der Waals surface area contributed by atoms with Crippen LogP contribution in [0.15, 0.2) is 76.5 Å². The first kappa shape index (κ1) is 25.3. The summed E-state index contributed by atoms with van der Waals surface area (Å²) >= 11 is 0. The van der Waals surface area contributed by atoms with Crippen LogP contribution in [0, 0.1) is 5.82 Å². The van der Waals surface area contributed by atoms with Gasteiger partial charge < -0.3 is 29.3 Å². The molecule has 1 fully saturated rings. The molecule has 2 aromatic heterocycles. The van der Waals surface area contributed by atoms with Crippen molar-refractivity contribution in [2.24, 2.45) is 0 Å². The number of amides is 1. The highest BCUT2D eigenvalue weighted by atomic mass is 19.1. The second kappa shape index (κ2) is 10.1. The molecule has 0 aliphatic carbocycles. The smallest absolute Gasteiger partial charge is 0.256 e. The number of carbonyl (C=O) groups excluding carboxylic acids is 1. The van der Waals surface area contributed by atoms with Crippen LogP contribution in [0.1, 0.15) is 35.2 Å². The van der Waals surface area contributed by atoms with Crippen LogP contribution in [-0.2, 0) is 6.54 Å². The molecule has 1 atom stereocenters. The van der Waals surface area contributed by atoms with Gasteiger partial charge in [0.05, 0.1) is 23.6 Å². The third kappa shape index (κ3) is 4.42. The summed E-state index contributed by atoms with van der Waals surface area (Å²) in [7, 11) is 2.09. The van der Waals surface area contributed by atoms with E-state index in [1.165, 1.54) is 6.07 Å². The van der Waals surface area contributed by atoms with Gasteiger partial charge in [0.1, 0.15) is 16.8 Å². The lowest BCUT2D eigenvalue weighted by atomic mass is 10.0. The summed E-state index contributed by atoms with van der Waals surface area (Å²) < 4.78 is 28.9. The molecule has 41 heavy (non-hydrogen) atoms. The zero-order chi connectivity index (χ0) is 28.1. The van der Waals surface area contributed by atoms with Crippen LogP contribution in [-0.4, -0.2) is 41.6 Å². The summed E-state index contributed by atoms with van der Waals surface area (Å²) in [6.45, 7) is 1.80. The van der Waals surface area contributed by atoms with Crippen LogP contribution >= 0.6 is 0 Å². The van der Waals surface area contributed by atoms with E-state index < -0.39 is 17.2 Å². The molecule has 8 nitrogen and oxygen atoms in total. The number of carbonyl (C=O) groups is 1. The largest absolute Gasteiger partial charge is 0.472 e. The number of likely N-dealkylation sites (tertiary alicyclic amines) is 1. The molecule has 0 spiro atoms. The number of rotatable bonds is 7. The van der Waals surface area contributed by atoms with E-state index in [9.17, 15) is 9.59 Å². The van der Waals surface area contributed by atoms with Crippen molar-refractivity contribution >= 4 is 33.3 Å². The third-order valence-corrected chi connectivity index (χ3v) is 8.22. The van der Waals surface area contributed by atoms with Crippen molar-refractivity contribution in [1.29, 1.82) is 0 Å². The van der Waals surface area contributed by atoms with Gasteiger partial charge in [0.25, 0.3) is 5.91 Å². The standard InChI is InChI=1S/C32H29FN4O4/c1-36-11-4-7-22(36)8-10-34-32(39)24-17-37-26-13-20-5-2-3-6-21(20)14-27(26)41-31-28(35-16-19-9-12-40-18-19)25(33)15-23(29(31)37)30(24)38/h2-3,5-6,9,12-15,17-18,22,35H,4,7-8,10-11,16H2,1H3,(H,34,39). The second-order valence-electron chi connectivity index (χ2n) is 10.8. The highest BCUT2D eigenvalue weighted by Crippen LogP contribution is 2.46. The Kier molecular flexibility index (Phi) is 6.23. The Balaban J connectivity index is 1.34. The molecule has 5 aromatic rings. The molecule has 2 N–H and O–H groups in total. The minimum absolute atomic E-state index is 0.0391. The van der Waals surface area contributed by atoms with Gasteiger partial charge in [-0.2, -0.15) is 0 Å². The molecule has 1 amide bonds. The molecule has 208 valence electrons. The molecular weight excluding hydrogens is 523 g/mol. The summed E-state index contributed by atoms with van der Waals surface area (Å²) in [4.78, 5) is 29.3. The Hall–Kier alpha value is -4.63. The Morgan fingerprint density at radius 3 is 2.73 bits per heavy atom. The van der Waals surface area contributed by atoms with Gasteiger partial charge in [-0.3, -0.25) is 9.59 Å². The van der Waals surface area contributed by atoms with Crippen molar-refractivity contribution in [1.82, 2.24) is 14.8 Å². The number of hydrogen-bond donors (Lipinski definition) is 2. The van der Waals surface area contributed by atoms with Crippen LogP contribution in [0.3, 0.4) is 0 Å². The molecule has 1 saturated heterocycles. The monoisotopic (exact) mass is 552 g/mol. The molecule has 1 unspecified atom stereocenters. The molecule has 0 bridgehead atoms. The predicted molar refractivity (Wildman–Crippen MR) is 156 cm³/mol. The number of nitrogens with zero attached hydrogens (tertiary/aromatic N) is 2. The van der Waals surface area contributed by atoms with Crippen molar-refractivity contribution in [2.75, 3.05) is 25.5 Å². The van der Waals surface area contributed by atoms with Crippen molar-refractivity contribution < 1.29 is 18.3 Å². The van der Waals surface area contributed by atoms with E-state index in [0.29, 0.717) is 36.1 Å². The maximum atomic E-state index is 15.7. The topological polar surface area (TPSA) is 88.7 Å². The molecule has 2 aliphatic rings. The lowest BCUT2D eigenvalue weighted by Gasteiger charge is -2.26. The Labute approximate surface area is 235 Å². The summed E-state index contributed by atoms with van der Waals surface area (Å²) in [5, 5.41) is 8.04. The second-order valence-corrected chi connectivity index (χ2v) is 10.8. The number of furan rings is 1. The normalized spacial score (nSPS) is 16.1. The highest BCUT2D eigenvalue weighted by Gasteiger charge is 2.29. The first-order valence-corrected chi connectivity index (χ1v) is 13.8. The van der Waals surface area contributed by atoms with Crippen molar-refractivity contribution in [2.45, 2.75) is 31.8 Å². The van der Waals surface area contributed by atoms with E-state index in [0.717, 1.165) is 42.1 Å². The Morgan fingerprint density at radius 2 is 1.98 bits per heavy atom. The van der Waals surface area contributed by atoms with Crippen molar-refractivity contribution in [3.05, 3.63) is 94.4 Å². The highest BCUT2D eigenvalue weighted by molar-refractivity contribution is 6.02. The van der Waals surface area contributed by atoms with Gasteiger partial charge in [0.15, 0.2) is 17.3 Å². The zero-order valence-electron chi connectivity index (χ0n) is 22.6. The van der Waals surface area contributed by atoms with Gasteiger partial charge in [0.2, 0.25) is 5.43 Å². The number of ether oxygens (including phenoxy) is 1.